The van der Waals surface area contributed by atoms with Crippen LogP contribution in [-0.4, -0.2) is 13.4 Å². The number of benzene rings is 1. The molecule has 102 valence electrons. The predicted molar refractivity (Wildman–Crippen MR) is 82.7 cm³/mol. The van der Waals surface area contributed by atoms with Crippen LogP contribution in [0.2, 0.25) is 0 Å². The van der Waals surface area contributed by atoms with Crippen molar-refractivity contribution < 1.29 is 8.42 Å². The van der Waals surface area contributed by atoms with Gasteiger partial charge in [0.25, 0.3) is 10.0 Å². The van der Waals surface area contributed by atoms with Gasteiger partial charge in [0.05, 0.1) is 0 Å². The predicted octanol–water partition coefficient (Wildman–Crippen LogP) is 3.67. The van der Waals surface area contributed by atoms with Gasteiger partial charge in [0.2, 0.25) is 0 Å². The van der Waals surface area contributed by atoms with E-state index in [-0.39, 0.29) is 0 Å². The number of nitrogens with zero attached hydrogens (tertiary/aromatic N) is 1. The molecule has 0 aliphatic heterocycles. The Morgan fingerprint density at radius 1 is 1.00 bits per heavy atom. The highest BCUT2D eigenvalue weighted by atomic mass is 32.2. The Kier molecular flexibility index (Phi) is 3.56. The van der Waals surface area contributed by atoms with E-state index in [4.69, 9.17) is 0 Å². The lowest BCUT2D eigenvalue weighted by atomic mass is 10.2. The van der Waals surface area contributed by atoms with Crippen LogP contribution in [0.1, 0.15) is 0 Å². The van der Waals surface area contributed by atoms with Crippen molar-refractivity contribution in [1.29, 1.82) is 0 Å². The van der Waals surface area contributed by atoms with Crippen LogP contribution in [0, 0.1) is 0 Å². The van der Waals surface area contributed by atoms with Gasteiger partial charge in [-0.05, 0) is 35.7 Å². The van der Waals surface area contributed by atoms with Gasteiger partial charge >= 0.3 is 0 Å². The Morgan fingerprint density at radius 3 is 2.40 bits per heavy atom. The van der Waals surface area contributed by atoms with Crippen LogP contribution in [0.3, 0.4) is 0 Å². The number of nitrogens with one attached hydrogen (secondary N) is 1. The van der Waals surface area contributed by atoms with Crippen LogP contribution in [0.25, 0.3) is 10.6 Å². The number of hydrogen-bond acceptors (Lipinski definition) is 5. The van der Waals surface area contributed by atoms with Crippen molar-refractivity contribution in [3.8, 4) is 10.6 Å². The van der Waals surface area contributed by atoms with E-state index < -0.39 is 10.0 Å². The van der Waals surface area contributed by atoms with Gasteiger partial charge in [0.1, 0.15) is 9.22 Å². The zero-order valence-electron chi connectivity index (χ0n) is 10.2. The normalized spacial score (nSPS) is 11.4. The molecule has 20 heavy (non-hydrogen) atoms. The second kappa shape index (κ2) is 5.35. The van der Waals surface area contributed by atoms with Crippen molar-refractivity contribution >= 4 is 38.4 Å². The third-order valence-corrected chi connectivity index (χ3v) is 6.18. The number of aromatic nitrogens is 1. The van der Waals surface area contributed by atoms with Gasteiger partial charge < -0.3 is 0 Å². The quantitative estimate of drug-likeness (QED) is 0.797. The van der Waals surface area contributed by atoms with Crippen LogP contribution in [0.15, 0.2) is 57.6 Å². The number of sulfonamides is 1. The zero-order chi connectivity index (χ0) is 14.0. The standard InChI is InChI=1S/C13H10N2O2S3/c16-20(17,12-2-1-8-18-12)15-11-5-3-10(4-6-11)13-14-7-9-19-13/h1-9,15H. The molecule has 3 aromatic rings. The number of thiophene rings is 1. The summed E-state index contributed by atoms with van der Waals surface area (Å²) in [6, 6.07) is 10.5. The van der Waals surface area contributed by atoms with Gasteiger partial charge in [-0.25, -0.2) is 13.4 Å². The minimum atomic E-state index is -3.48. The van der Waals surface area contributed by atoms with Gasteiger partial charge in [-0.2, -0.15) is 0 Å². The molecule has 0 amide bonds. The molecule has 0 fully saturated rings. The van der Waals surface area contributed by atoms with E-state index in [1.54, 1.807) is 47.2 Å². The summed E-state index contributed by atoms with van der Waals surface area (Å²) in [7, 11) is -3.48. The maximum absolute atomic E-state index is 12.1. The van der Waals surface area contributed by atoms with E-state index in [2.05, 4.69) is 9.71 Å². The molecule has 1 N–H and O–H groups in total. The first-order chi connectivity index (χ1) is 9.65. The summed E-state index contributed by atoms with van der Waals surface area (Å²) in [5.74, 6) is 0. The fourth-order valence-electron chi connectivity index (χ4n) is 1.67. The smallest absolute Gasteiger partial charge is 0.271 e. The lowest BCUT2D eigenvalue weighted by molar-refractivity contribution is 0.603. The first-order valence-electron chi connectivity index (χ1n) is 5.71. The lowest BCUT2D eigenvalue weighted by Crippen LogP contribution is -2.11. The monoisotopic (exact) mass is 322 g/mol. The fraction of sp³-hybridized carbons (Fsp3) is 0. The first kappa shape index (κ1) is 13.3. The van der Waals surface area contributed by atoms with Crippen LogP contribution >= 0.6 is 22.7 Å². The van der Waals surface area contributed by atoms with E-state index in [1.807, 2.05) is 17.5 Å². The van der Waals surface area contributed by atoms with Gasteiger partial charge in [-0.3, -0.25) is 4.72 Å². The molecule has 2 heterocycles. The van der Waals surface area contributed by atoms with Crippen LogP contribution in [-0.2, 0) is 10.0 Å². The Labute approximate surface area is 124 Å². The summed E-state index contributed by atoms with van der Waals surface area (Å²) in [6.45, 7) is 0. The maximum Gasteiger partial charge on any atom is 0.271 e. The van der Waals surface area contributed by atoms with Crippen LogP contribution in [0.5, 0.6) is 0 Å². The van der Waals surface area contributed by atoms with E-state index in [1.165, 1.54) is 11.3 Å². The molecular weight excluding hydrogens is 312 g/mol. The Bertz CT molecular complexity index is 777. The van der Waals surface area contributed by atoms with E-state index >= 15 is 0 Å². The van der Waals surface area contributed by atoms with Gasteiger partial charge in [0, 0.05) is 22.8 Å². The third kappa shape index (κ3) is 2.74. The molecule has 1 aromatic carbocycles. The summed E-state index contributed by atoms with van der Waals surface area (Å²) in [6.07, 6.45) is 1.74. The minimum absolute atomic E-state index is 0.307. The molecule has 0 aliphatic carbocycles. The highest BCUT2D eigenvalue weighted by molar-refractivity contribution is 7.94. The maximum atomic E-state index is 12.1. The molecule has 0 bridgehead atoms. The van der Waals surface area contributed by atoms with Crippen LogP contribution in [0.4, 0.5) is 5.69 Å². The average Bonchev–Trinajstić information content (AvgIpc) is 3.13. The molecule has 3 rings (SSSR count). The molecular formula is C13H10N2O2S3. The van der Waals surface area contributed by atoms with E-state index in [0.29, 0.717) is 9.90 Å². The second-order valence-electron chi connectivity index (χ2n) is 3.95. The Morgan fingerprint density at radius 2 is 1.80 bits per heavy atom. The van der Waals surface area contributed by atoms with Gasteiger partial charge in [0.15, 0.2) is 0 Å². The molecule has 7 heteroatoms. The summed E-state index contributed by atoms with van der Waals surface area (Å²) < 4.78 is 27.0. The molecule has 0 spiro atoms. The number of hydrogen-bond donors (Lipinski definition) is 1. The van der Waals surface area contributed by atoms with E-state index in [0.717, 1.165) is 10.6 Å². The summed E-state index contributed by atoms with van der Waals surface area (Å²) in [5.41, 5.74) is 1.51. The molecule has 0 radical (unpaired) electrons. The zero-order valence-corrected chi connectivity index (χ0v) is 12.6. The molecule has 0 unspecified atom stereocenters. The Balaban J connectivity index is 1.83. The average molecular weight is 322 g/mol. The summed E-state index contributed by atoms with van der Waals surface area (Å²) in [4.78, 5) is 4.21. The number of rotatable bonds is 4. The van der Waals surface area contributed by atoms with Crippen molar-refractivity contribution in [3.05, 3.63) is 53.4 Å². The highest BCUT2D eigenvalue weighted by Gasteiger charge is 2.14. The van der Waals surface area contributed by atoms with Gasteiger partial charge in [-0.15, -0.1) is 22.7 Å². The Hall–Kier alpha value is -1.70. The SMILES string of the molecule is O=S(=O)(Nc1ccc(-c2nccs2)cc1)c1cccs1. The number of anilines is 1. The molecule has 0 aliphatic rings. The summed E-state index contributed by atoms with van der Waals surface area (Å²) >= 11 is 2.74. The fourth-order valence-corrected chi connectivity index (χ4v) is 4.36. The highest BCUT2D eigenvalue weighted by Crippen LogP contribution is 2.25. The van der Waals surface area contributed by atoms with Gasteiger partial charge in [-0.1, -0.05) is 6.07 Å². The van der Waals surface area contributed by atoms with Crippen LogP contribution < -0.4 is 4.72 Å². The van der Waals surface area contributed by atoms with E-state index in [9.17, 15) is 8.42 Å². The van der Waals surface area contributed by atoms with Crippen molar-refractivity contribution in [1.82, 2.24) is 4.98 Å². The first-order valence-corrected chi connectivity index (χ1v) is 8.96. The van der Waals surface area contributed by atoms with Crippen molar-refractivity contribution in [2.75, 3.05) is 4.72 Å². The molecule has 0 saturated carbocycles. The molecule has 2 aromatic heterocycles. The topological polar surface area (TPSA) is 59.1 Å². The third-order valence-electron chi connectivity index (χ3n) is 2.58. The second-order valence-corrected chi connectivity index (χ2v) is 7.70. The number of thiazole rings is 1. The lowest BCUT2D eigenvalue weighted by Gasteiger charge is -2.06. The molecule has 0 atom stereocenters. The molecule has 0 saturated heterocycles. The molecule has 4 nitrogen and oxygen atoms in total. The minimum Gasteiger partial charge on any atom is -0.279 e. The van der Waals surface area contributed by atoms with Crippen molar-refractivity contribution in [2.24, 2.45) is 0 Å². The van der Waals surface area contributed by atoms with Crippen molar-refractivity contribution in [3.63, 3.8) is 0 Å². The van der Waals surface area contributed by atoms with Crippen molar-refractivity contribution in [2.45, 2.75) is 4.21 Å². The summed E-state index contributed by atoms with van der Waals surface area (Å²) in [5, 5.41) is 4.56. The largest absolute Gasteiger partial charge is 0.279 e.